The maximum atomic E-state index is 12.9. The van der Waals surface area contributed by atoms with E-state index in [1.54, 1.807) is 19.2 Å². The number of hydrogen-bond acceptors (Lipinski definition) is 5. The third-order valence-electron chi connectivity index (χ3n) is 4.57. The molecule has 152 valence electrons. The van der Waals surface area contributed by atoms with Gasteiger partial charge in [0.05, 0.1) is 6.54 Å². The van der Waals surface area contributed by atoms with Gasteiger partial charge in [-0.1, -0.05) is 41.4 Å². The fourth-order valence-electron chi connectivity index (χ4n) is 2.96. The van der Waals surface area contributed by atoms with Crippen LogP contribution in [-0.4, -0.2) is 34.1 Å². The number of aryl methyl sites for hydroxylation is 2. The van der Waals surface area contributed by atoms with E-state index in [1.165, 1.54) is 4.90 Å². The van der Waals surface area contributed by atoms with Gasteiger partial charge in [-0.05, 0) is 56.2 Å². The summed E-state index contributed by atoms with van der Waals surface area (Å²) in [5.41, 5.74) is 2.95. The predicted molar refractivity (Wildman–Crippen MR) is 112 cm³/mol. The first-order valence-electron chi connectivity index (χ1n) is 9.44. The van der Waals surface area contributed by atoms with Gasteiger partial charge in [-0.15, -0.1) is 0 Å². The minimum atomic E-state index is -0.583. The van der Waals surface area contributed by atoms with E-state index in [2.05, 4.69) is 10.1 Å². The molecule has 0 N–H and O–H groups in total. The van der Waals surface area contributed by atoms with Crippen molar-refractivity contribution < 1.29 is 14.1 Å². The maximum absolute atomic E-state index is 12.9. The molecule has 0 radical (unpaired) electrons. The van der Waals surface area contributed by atoms with E-state index in [4.69, 9.17) is 20.9 Å². The third kappa shape index (κ3) is 5.15. The molecule has 3 aromatic rings. The number of benzene rings is 2. The van der Waals surface area contributed by atoms with E-state index in [0.29, 0.717) is 28.9 Å². The van der Waals surface area contributed by atoms with E-state index < -0.39 is 6.10 Å². The topological polar surface area (TPSA) is 68.5 Å². The van der Waals surface area contributed by atoms with Crippen molar-refractivity contribution in [3.63, 3.8) is 0 Å². The summed E-state index contributed by atoms with van der Waals surface area (Å²) in [6.45, 7) is 6.12. The third-order valence-corrected chi connectivity index (χ3v) is 4.82. The van der Waals surface area contributed by atoms with Gasteiger partial charge in [-0.2, -0.15) is 4.98 Å². The summed E-state index contributed by atoms with van der Waals surface area (Å²) in [7, 11) is 1.70. The second-order valence-corrected chi connectivity index (χ2v) is 7.43. The quantitative estimate of drug-likeness (QED) is 0.555. The lowest BCUT2D eigenvalue weighted by molar-refractivity contribution is -0.138. The molecule has 6 nitrogen and oxygen atoms in total. The molecule has 1 atom stereocenters. The number of ether oxygens (including phenoxy) is 1. The normalized spacial score (nSPS) is 11.9. The SMILES string of the molecule is CC[C@H](Oc1ccc(C)cc1C)C(=O)N(C)Cc1nc(-c2ccc(Cl)cc2)no1. The highest BCUT2D eigenvalue weighted by molar-refractivity contribution is 6.30. The molecule has 0 aliphatic rings. The summed E-state index contributed by atoms with van der Waals surface area (Å²) < 4.78 is 11.3. The smallest absolute Gasteiger partial charge is 0.263 e. The summed E-state index contributed by atoms with van der Waals surface area (Å²) in [6.07, 6.45) is -0.0313. The van der Waals surface area contributed by atoms with E-state index in [1.807, 2.05) is 51.1 Å². The minimum Gasteiger partial charge on any atom is -0.480 e. The Morgan fingerprint density at radius 1 is 1.21 bits per heavy atom. The number of carbonyl (C=O) groups is 1. The largest absolute Gasteiger partial charge is 0.480 e. The molecule has 0 aliphatic carbocycles. The number of nitrogens with zero attached hydrogens (tertiary/aromatic N) is 3. The fraction of sp³-hybridized carbons (Fsp3) is 0.318. The van der Waals surface area contributed by atoms with Crippen LogP contribution < -0.4 is 4.74 Å². The van der Waals surface area contributed by atoms with Crippen LogP contribution in [0.2, 0.25) is 5.02 Å². The average molecular weight is 414 g/mol. The molecule has 0 fully saturated rings. The highest BCUT2D eigenvalue weighted by Gasteiger charge is 2.24. The van der Waals surface area contributed by atoms with Crippen LogP contribution in [0.1, 0.15) is 30.4 Å². The Morgan fingerprint density at radius 3 is 2.59 bits per heavy atom. The van der Waals surface area contributed by atoms with Crippen molar-refractivity contribution in [3.05, 3.63) is 64.5 Å². The summed E-state index contributed by atoms with van der Waals surface area (Å²) in [5.74, 6) is 1.38. The van der Waals surface area contributed by atoms with Crippen molar-refractivity contribution in [2.75, 3.05) is 7.05 Å². The molecule has 1 heterocycles. The second kappa shape index (κ2) is 9.09. The molecule has 0 aliphatic heterocycles. The summed E-state index contributed by atoms with van der Waals surface area (Å²) in [5, 5.41) is 4.62. The Balaban J connectivity index is 1.66. The van der Waals surface area contributed by atoms with Crippen LogP contribution in [0.15, 0.2) is 47.0 Å². The van der Waals surface area contributed by atoms with Crippen LogP contribution in [0.25, 0.3) is 11.4 Å². The molecule has 0 saturated heterocycles. The van der Waals surface area contributed by atoms with Crippen LogP contribution in [-0.2, 0) is 11.3 Å². The van der Waals surface area contributed by atoms with E-state index in [9.17, 15) is 4.79 Å². The first-order valence-corrected chi connectivity index (χ1v) is 9.82. The highest BCUT2D eigenvalue weighted by Crippen LogP contribution is 2.22. The standard InChI is InChI=1S/C22H24ClN3O3/c1-5-18(28-19-11-6-14(2)12-15(19)3)22(27)26(4)13-20-24-21(25-29-20)16-7-9-17(23)10-8-16/h6-12,18H,5,13H2,1-4H3/t18-/m0/s1. The first kappa shape index (κ1) is 20.9. The van der Waals surface area contributed by atoms with Crippen LogP contribution in [0.5, 0.6) is 5.75 Å². The van der Waals surface area contributed by atoms with Crippen LogP contribution in [0, 0.1) is 13.8 Å². The Morgan fingerprint density at radius 2 is 1.93 bits per heavy atom. The van der Waals surface area contributed by atoms with Gasteiger partial charge in [-0.3, -0.25) is 4.79 Å². The minimum absolute atomic E-state index is 0.140. The van der Waals surface area contributed by atoms with Gasteiger partial charge in [0, 0.05) is 17.6 Å². The lowest BCUT2D eigenvalue weighted by Gasteiger charge is -2.23. The molecule has 1 amide bonds. The molecule has 0 spiro atoms. The van der Waals surface area contributed by atoms with Crippen LogP contribution in [0.3, 0.4) is 0 Å². The van der Waals surface area contributed by atoms with Gasteiger partial charge in [-0.25, -0.2) is 0 Å². The monoisotopic (exact) mass is 413 g/mol. The first-order chi connectivity index (χ1) is 13.9. The van der Waals surface area contributed by atoms with Crippen molar-refractivity contribution in [1.29, 1.82) is 0 Å². The summed E-state index contributed by atoms with van der Waals surface area (Å²) in [6, 6.07) is 13.1. The van der Waals surface area contributed by atoms with Crippen molar-refractivity contribution >= 4 is 17.5 Å². The fourth-order valence-corrected chi connectivity index (χ4v) is 3.08. The molecule has 7 heteroatoms. The Hall–Kier alpha value is -2.86. The van der Waals surface area contributed by atoms with Gasteiger partial charge >= 0.3 is 0 Å². The number of carbonyl (C=O) groups excluding carboxylic acids is 1. The molecule has 2 aromatic carbocycles. The zero-order valence-corrected chi connectivity index (χ0v) is 17.7. The predicted octanol–water partition coefficient (Wildman–Crippen LogP) is 4.82. The molecular weight excluding hydrogens is 390 g/mol. The molecule has 29 heavy (non-hydrogen) atoms. The molecule has 0 saturated carbocycles. The molecular formula is C22H24ClN3O3. The van der Waals surface area contributed by atoms with E-state index >= 15 is 0 Å². The number of rotatable bonds is 7. The van der Waals surface area contributed by atoms with E-state index in [-0.39, 0.29) is 12.5 Å². The number of aromatic nitrogens is 2. The Bertz CT molecular complexity index is 985. The number of hydrogen-bond donors (Lipinski definition) is 0. The zero-order valence-electron chi connectivity index (χ0n) is 17.0. The highest BCUT2D eigenvalue weighted by atomic mass is 35.5. The number of likely N-dealkylation sites (N-methyl/N-ethyl adjacent to an activating group) is 1. The lowest BCUT2D eigenvalue weighted by Crippen LogP contribution is -2.39. The van der Waals surface area contributed by atoms with Gasteiger partial charge in [0.2, 0.25) is 11.7 Å². The van der Waals surface area contributed by atoms with Crippen molar-refractivity contribution in [2.24, 2.45) is 0 Å². The molecule has 0 bridgehead atoms. The molecule has 0 unspecified atom stereocenters. The second-order valence-electron chi connectivity index (χ2n) is 7.00. The van der Waals surface area contributed by atoms with Crippen molar-refractivity contribution in [1.82, 2.24) is 15.0 Å². The summed E-state index contributed by atoms with van der Waals surface area (Å²) in [4.78, 5) is 18.8. The van der Waals surface area contributed by atoms with Crippen molar-refractivity contribution in [3.8, 4) is 17.1 Å². The molecule has 3 rings (SSSR count). The summed E-state index contributed by atoms with van der Waals surface area (Å²) >= 11 is 5.91. The number of halogens is 1. The van der Waals surface area contributed by atoms with Gasteiger partial charge in [0.25, 0.3) is 5.91 Å². The molecule has 1 aromatic heterocycles. The average Bonchev–Trinajstić information content (AvgIpc) is 3.16. The zero-order chi connectivity index (χ0) is 21.0. The van der Waals surface area contributed by atoms with Crippen molar-refractivity contribution in [2.45, 2.75) is 39.8 Å². The van der Waals surface area contributed by atoms with Gasteiger partial charge < -0.3 is 14.2 Å². The maximum Gasteiger partial charge on any atom is 0.263 e. The number of amides is 1. The van der Waals surface area contributed by atoms with Crippen LogP contribution >= 0.6 is 11.6 Å². The van der Waals surface area contributed by atoms with Gasteiger partial charge in [0.1, 0.15) is 5.75 Å². The Kier molecular flexibility index (Phi) is 6.54. The van der Waals surface area contributed by atoms with Gasteiger partial charge in [0.15, 0.2) is 6.10 Å². The van der Waals surface area contributed by atoms with E-state index in [0.717, 1.165) is 16.7 Å². The Labute approximate surface area is 175 Å². The van der Waals surface area contributed by atoms with Crippen LogP contribution in [0.4, 0.5) is 0 Å². The lowest BCUT2D eigenvalue weighted by atomic mass is 10.1.